The van der Waals surface area contributed by atoms with Crippen molar-refractivity contribution >= 4 is 11.8 Å². The molecular formula is C26H29N3O3. The Morgan fingerprint density at radius 3 is 2.09 bits per heavy atom. The molecule has 0 bridgehead atoms. The number of carbonyl (C=O) groups is 2. The summed E-state index contributed by atoms with van der Waals surface area (Å²) in [5.74, 6) is -0.213. The van der Waals surface area contributed by atoms with Crippen molar-refractivity contribution < 1.29 is 14.7 Å². The molecule has 2 aromatic rings. The summed E-state index contributed by atoms with van der Waals surface area (Å²) in [6.45, 7) is -0.148. The Bertz CT molecular complexity index is 1020. The van der Waals surface area contributed by atoms with Crippen LogP contribution in [0, 0.1) is 17.2 Å². The molecule has 6 nitrogen and oxygen atoms in total. The zero-order chi connectivity index (χ0) is 22.8. The second-order valence-electron chi connectivity index (χ2n) is 8.98. The first-order valence-electron chi connectivity index (χ1n) is 11.2. The molecule has 4 rings (SSSR count). The number of aliphatic hydroxyl groups is 1. The molecule has 32 heavy (non-hydrogen) atoms. The van der Waals surface area contributed by atoms with E-state index in [0.29, 0.717) is 5.56 Å². The van der Waals surface area contributed by atoms with Gasteiger partial charge in [0.05, 0.1) is 18.7 Å². The largest absolute Gasteiger partial charge is 0.394 e. The predicted molar refractivity (Wildman–Crippen MR) is 122 cm³/mol. The van der Waals surface area contributed by atoms with Crippen LogP contribution in [-0.4, -0.2) is 59.5 Å². The van der Waals surface area contributed by atoms with Crippen LogP contribution in [0.2, 0.25) is 0 Å². The second-order valence-corrected chi connectivity index (χ2v) is 8.98. The van der Waals surface area contributed by atoms with E-state index in [9.17, 15) is 20.0 Å². The number of nitrogens with zero attached hydrogens (tertiary/aromatic N) is 3. The Hall–Kier alpha value is -3.17. The molecule has 0 unspecified atom stereocenters. The molecular weight excluding hydrogens is 402 g/mol. The number of hydrogen-bond acceptors (Lipinski definition) is 4. The highest BCUT2D eigenvalue weighted by atomic mass is 16.3. The molecule has 2 aliphatic rings. The Morgan fingerprint density at radius 1 is 1.03 bits per heavy atom. The van der Waals surface area contributed by atoms with Crippen LogP contribution in [-0.2, 0) is 4.79 Å². The van der Waals surface area contributed by atoms with Crippen molar-refractivity contribution in [3.63, 3.8) is 0 Å². The van der Waals surface area contributed by atoms with Crippen LogP contribution in [0.25, 0.3) is 11.1 Å². The summed E-state index contributed by atoms with van der Waals surface area (Å²) in [5, 5.41) is 19.8. The zero-order valence-corrected chi connectivity index (χ0v) is 18.6. The minimum absolute atomic E-state index is 0.00873. The maximum atomic E-state index is 12.9. The number of hydrogen-bond donors (Lipinski definition) is 1. The van der Waals surface area contributed by atoms with Gasteiger partial charge in [-0.15, -0.1) is 0 Å². The Kier molecular flexibility index (Phi) is 6.29. The lowest BCUT2D eigenvalue weighted by Gasteiger charge is -2.52. The smallest absolute Gasteiger partial charge is 0.253 e. The van der Waals surface area contributed by atoms with Crippen molar-refractivity contribution in [2.75, 3.05) is 20.7 Å². The van der Waals surface area contributed by atoms with Gasteiger partial charge in [-0.05, 0) is 41.7 Å². The molecule has 1 saturated carbocycles. The molecule has 3 atom stereocenters. The van der Waals surface area contributed by atoms with Crippen LogP contribution in [0.3, 0.4) is 0 Å². The van der Waals surface area contributed by atoms with Gasteiger partial charge in [-0.3, -0.25) is 9.59 Å². The first-order valence-corrected chi connectivity index (χ1v) is 11.2. The topological polar surface area (TPSA) is 84.6 Å². The molecule has 166 valence electrons. The minimum Gasteiger partial charge on any atom is -0.394 e. The van der Waals surface area contributed by atoms with E-state index in [2.05, 4.69) is 6.07 Å². The number of benzene rings is 2. The average molecular weight is 432 g/mol. The fourth-order valence-electron chi connectivity index (χ4n) is 5.06. The predicted octanol–water partition coefficient (Wildman–Crippen LogP) is 3.42. The number of carbonyl (C=O) groups excluding carboxylic acids is 2. The van der Waals surface area contributed by atoms with Crippen LogP contribution < -0.4 is 0 Å². The van der Waals surface area contributed by atoms with E-state index in [1.54, 1.807) is 23.9 Å². The standard InChI is InChI=1S/C26H29N3O3/c1-28(2)25(31)21-13-9-18(10-14-21)17-7-11-19(12-8-17)24-22(15-27)29(23(24)16-30)26(32)20-5-3-4-6-20/h7-14,20,22-24,30H,3-6,16H2,1-2H3/t22-,23+,24+/m1/s1. The molecule has 0 aromatic heterocycles. The number of likely N-dealkylation sites (tertiary alicyclic amines) is 1. The summed E-state index contributed by atoms with van der Waals surface area (Å²) < 4.78 is 0. The van der Waals surface area contributed by atoms with Gasteiger partial charge < -0.3 is 14.9 Å². The lowest BCUT2D eigenvalue weighted by Crippen LogP contribution is -2.66. The normalized spacial score (nSPS) is 22.8. The fourth-order valence-corrected chi connectivity index (χ4v) is 5.06. The van der Waals surface area contributed by atoms with Gasteiger partial charge in [-0.1, -0.05) is 49.2 Å². The highest BCUT2D eigenvalue weighted by Gasteiger charge is 2.52. The zero-order valence-electron chi connectivity index (χ0n) is 18.6. The summed E-state index contributed by atoms with van der Waals surface area (Å²) in [4.78, 5) is 28.2. The van der Waals surface area contributed by atoms with Crippen molar-refractivity contribution in [2.45, 2.75) is 43.7 Å². The summed E-state index contributed by atoms with van der Waals surface area (Å²) >= 11 is 0. The second kappa shape index (κ2) is 9.13. The van der Waals surface area contributed by atoms with Gasteiger partial charge in [0.25, 0.3) is 5.91 Å². The van der Waals surface area contributed by atoms with Gasteiger partial charge in [0, 0.05) is 31.5 Å². The van der Waals surface area contributed by atoms with E-state index in [-0.39, 0.29) is 36.3 Å². The van der Waals surface area contributed by atoms with Crippen LogP contribution in [0.5, 0.6) is 0 Å². The number of amides is 2. The lowest BCUT2D eigenvalue weighted by molar-refractivity contribution is -0.151. The number of rotatable bonds is 5. The van der Waals surface area contributed by atoms with E-state index in [0.717, 1.165) is 42.4 Å². The van der Waals surface area contributed by atoms with E-state index in [1.165, 1.54) is 0 Å². The van der Waals surface area contributed by atoms with Gasteiger partial charge in [0.1, 0.15) is 6.04 Å². The van der Waals surface area contributed by atoms with Crippen molar-refractivity contribution in [1.82, 2.24) is 9.80 Å². The number of nitriles is 1. The molecule has 2 aromatic carbocycles. The molecule has 6 heteroatoms. The molecule has 2 fully saturated rings. The maximum Gasteiger partial charge on any atom is 0.253 e. The van der Waals surface area contributed by atoms with Crippen molar-refractivity contribution in [3.8, 4) is 17.2 Å². The monoisotopic (exact) mass is 431 g/mol. The summed E-state index contributed by atoms with van der Waals surface area (Å²) in [5.41, 5.74) is 3.59. The molecule has 1 saturated heterocycles. The molecule has 1 aliphatic heterocycles. The van der Waals surface area contributed by atoms with E-state index in [4.69, 9.17) is 0 Å². The highest BCUT2D eigenvalue weighted by molar-refractivity contribution is 5.94. The summed E-state index contributed by atoms with van der Waals surface area (Å²) in [7, 11) is 3.46. The number of aliphatic hydroxyl groups excluding tert-OH is 1. The Morgan fingerprint density at radius 2 is 1.59 bits per heavy atom. The Balaban J connectivity index is 1.51. The summed E-state index contributed by atoms with van der Waals surface area (Å²) in [6.07, 6.45) is 3.87. The third kappa shape index (κ3) is 3.89. The maximum absolute atomic E-state index is 12.9. The van der Waals surface area contributed by atoms with E-state index < -0.39 is 6.04 Å². The van der Waals surface area contributed by atoms with Crippen LogP contribution >= 0.6 is 0 Å². The first kappa shape index (κ1) is 22.0. The van der Waals surface area contributed by atoms with Crippen LogP contribution in [0.4, 0.5) is 0 Å². The quantitative estimate of drug-likeness (QED) is 0.786. The van der Waals surface area contributed by atoms with Crippen molar-refractivity contribution in [3.05, 3.63) is 59.7 Å². The Labute approximate surface area is 189 Å². The van der Waals surface area contributed by atoms with Crippen LogP contribution in [0.15, 0.2) is 48.5 Å². The van der Waals surface area contributed by atoms with Crippen LogP contribution in [0.1, 0.15) is 47.5 Å². The van der Waals surface area contributed by atoms with Gasteiger partial charge >= 0.3 is 0 Å². The molecule has 0 spiro atoms. The average Bonchev–Trinajstić information content (AvgIpc) is 3.34. The van der Waals surface area contributed by atoms with E-state index >= 15 is 0 Å². The molecule has 2 amide bonds. The van der Waals surface area contributed by atoms with Gasteiger partial charge in [0.2, 0.25) is 5.91 Å². The minimum atomic E-state index is -0.539. The fraction of sp³-hybridized carbons (Fsp3) is 0.423. The highest BCUT2D eigenvalue weighted by Crippen LogP contribution is 2.43. The van der Waals surface area contributed by atoms with E-state index in [1.807, 2.05) is 48.5 Å². The summed E-state index contributed by atoms with van der Waals surface area (Å²) in [6, 6.07) is 16.8. The molecule has 1 aliphatic carbocycles. The third-order valence-electron chi connectivity index (χ3n) is 6.86. The third-order valence-corrected chi connectivity index (χ3v) is 6.86. The first-order chi connectivity index (χ1) is 15.5. The lowest BCUT2D eigenvalue weighted by atomic mass is 9.74. The molecule has 1 N–H and O–H groups in total. The SMILES string of the molecule is CN(C)C(=O)c1ccc(-c2ccc([C@H]3[C@@H](C#N)N(C(=O)C4CCCC4)[C@H]3CO)cc2)cc1. The van der Waals surface area contributed by atoms with Gasteiger partial charge in [0.15, 0.2) is 0 Å². The molecule has 0 radical (unpaired) electrons. The van der Waals surface area contributed by atoms with Crippen molar-refractivity contribution in [2.24, 2.45) is 5.92 Å². The van der Waals surface area contributed by atoms with Gasteiger partial charge in [-0.2, -0.15) is 5.26 Å². The van der Waals surface area contributed by atoms with Crippen molar-refractivity contribution in [1.29, 1.82) is 5.26 Å². The van der Waals surface area contributed by atoms with Gasteiger partial charge in [-0.25, -0.2) is 0 Å². The molecule has 1 heterocycles.